The second-order valence-electron chi connectivity index (χ2n) is 6.03. The van der Waals surface area contributed by atoms with E-state index in [1.165, 1.54) is 7.05 Å². The number of aromatic amines is 1. The fourth-order valence-corrected chi connectivity index (χ4v) is 2.86. The van der Waals surface area contributed by atoms with E-state index in [1.807, 2.05) is 4.90 Å². The molecule has 0 saturated carbocycles. The number of alkyl halides is 6. The largest absolute Gasteiger partial charge is 0.490 e. The molecule has 0 aromatic carbocycles. The fraction of sp³-hybridized carbons (Fsp3) is 0.615. The van der Waals surface area contributed by atoms with E-state index in [2.05, 4.69) is 25.7 Å². The molecule has 2 aromatic rings. The molecular weight excluding hydrogens is 436 g/mol. The number of hydrogen-bond acceptors (Lipinski definition) is 6. The van der Waals surface area contributed by atoms with Crippen molar-refractivity contribution < 1.29 is 36.2 Å². The molecule has 1 aliphatic rings. The second kappa shape index (κ2) is 8.52. The van der Waals surface area contributed by atoms with Gasteiger partial charge in [0.15, 0.2) is 11.5 Å². The number of nitrogens with one attached hydrogen (secondary N) is 1. The van der Waals surface area contributed by atoms with Gasteiger partial charge in [-0.25, -0.2) is 4.79 Å². The number of H-pyrrole nitrogens is 1. The van der Waals surface area contributed by atoms with Gasteiger partial charge in [0.25, 0.3) is 0 Å². The molecule has 1 saturated heterocycles. The Balaban J connectivity index is 0.000000370. The maximum absolute atomic E-state index is 13.0. The molecule has 0 amide bonds. The monoisotopic (exact) mass is 449 g/mol. The summed E-state index contributed by atoms with van der Waals surface area (Å²) in [6, 6.07) is 0. The van der Waals surface area contributed by atoms with Gasteiger partial charge >= 0.3 is 18.3 Å². The molecule has 2 aromatic heterocycles. The summed E-state index contributed by atoms with van der Waals surface area (Å²) in [7, 11) is 1.40. The quantitative estimate of drug-likeness (QED) is 0.691. The topological polar surface area (TPSA) is 113 Å². The Bertz CT molecular complexity index is 836. The Morgan fingerprint density at radius 1 is 1.31 bits per heavy atom. The molecule has 2 N–H and O–H groups in total. The number of nitrogens with zero attached hydrogens (tertiary/aromatic N) is 6. The normalized spacial score (nSPS) is 17.9. The van der Waals surface area contributed by atoms with Crippen LogP contribution in [0.4, 0.5) is 26.3 Å². The summed E-state index contributed by atoms with van der Waals surface area (Å²) in [4.78, 5) is 10.8. The SMILES string of the molecule is Cn1nc(C(F)(F)F)c(CN2CCC(c3nn[nH]n3)C2)c1Cl.O=C(O)C(F)(F)F. The van der Waals surface area contributed by atoms with Gasteiger partial charge in [-0.1, -0.05) is 16.8 Å². The third-order valence-corrected chi connectivity index (χ3v) is 4.43. The fourth-order valence-electron chi connectivity index (χ4n) is 2.67. The number of carbonyl (C=O) groups is 1. The number of carboxylic acid groups (broad SMARTS) is 1. The van der Waals surface area contributed by atoms with Crippen LogP contribution in [0.25, 0.3) is 0 Å². The van der Waals surface area contributed by atoms with E-state index in [0.717, 1.165) is 11.1 Å². The number of halogens is 7. The van der Waals surface area contributed by atoms with Gasteiger partial charge in [-0.15, -0.1) is 10.2 Å². The predicted molar refractivity (Wildman–Crippen MR) is 83.7 cm³/mol. The molecule has 1 fully saturated rings. The molecule has 1 unspecified atom stereocenters. The first kappa shape index (κ1) is 22.9. The van der Waals surface area contributed by atoms with Crippen molar-refractivity contribution in [1.29, 1.82) is 0 Å². The second-order valence-corrected chi connectivity index (χ2v) is 6.39. The molecule has 0 bridgehead atoms. The Hall–Kier alpha value is -2.42. The van der Waals surface area contributed by atoms with Crippen LogP contribution in [-0.2, 0) is 24.6 Å². The van der Waals surface area contributed by atoms with Crippen LogP contribution in [0, 0.1) is 0 Å². The highest BCUT2D eigenvalue weighted by Crippen LogP contribution is 2.36. The van der Waals surface area contributed by atoms with Gasteiger partial charge in [-0.05, 0) is 13.0 Å². The van der Waals surface area contributed by atoms with Crippen molar-refractivity contribution >= 4 is 17.6 Å². The van der Waals surface area contributed by atoms with Crippen LogP contribution in [0.1, 0.15) is 29.4 Å². The van der Waals surface area contributed by atoms with Gasteiger partial charge in [0.2, 0.25) is 0 Å². The number of carboxylic acids is 1. The minimum Gasteiger partial charge on any atom is -0.475 e. The molecule has 0 aliphatic carbocycles. The van der Waals surface area contributed by atoms with Crippen molar-refractivity contribution in [2.24, 2.45) is 7.05 Å². The number of hydrogen-bond donors (Lipinski definition) is 2. The number of rotatable bonds is 3. The molecule has 1 aliphatic heterocycles. The minimum absolute atomic E-state index is 0.00503. The van der Waals surface area contributed by atoms with Gasteiger partial charge in [-0.3, -0.25) is 9.58 Å². The van der Waals surface area contributed by atoms with E-state index < -0.39 is 24.0 Å². The highest BCUT2D eigenvalue weighted by atomic mass is 35.5. The van der Waals surface area contributed by atoms with Crippen LogP contribution >= 0.6 is 11.6 Å². The average molecular weight is 450 g/mol. The Morgan fingerprint density at radius 3 is 2.41 bits per heavy atom. The molecule has 0 spiro atoms. The van der Waals surface area contributed by atoms with Crippen LogP contribution in [0.5, 0.6) is 0 Å². The van der Waals surface area contributed by atoms with Gasteiger partial charge < -0.3 is 5.11 Å². The van der Waals surface area contributed by atoms with Crippen LogP contribution in [0.2, 0.25) is 5.15 Å². The summed E-state index contributed by atoms with van der Waals surface area (Å²) in [5.74, 6) is -2.12. The van der Waals surface area contributed by atoms with E-state index in [1.54, 1.807) is 0 Å². The van der Waals surface area contributed by atoms with Crippen LogP contribution in [0.15, 0.2) is 0 Å². The van der Waals surface area contributed by atoms with Crippen molar-refractivity contribution in [2.45, 2.75) is 31.2 Å². The molecular formula is C13H14ClF6N7O2. The summed E-state index contributed by atoms with van der Waals surface area (Å²) in [6.45, 7) is 1.29. The predicted octanol–water partition coefficient (Wildman–Crippen LogP) is 2.23. The van der Waals surface area contributed by atoms with E-state index in [0.29, 0.717) is 18.9 Å². The lowest BCUT2D eigenvalue weighted by Gasteiger charge is -2.16. The maximum atomic E-state index is 13.0. The zero-order valence-electron chi connectivity index (χ0n) is 14.6. The van der Waals surface area contributed by atoms with Crippen molar-refractivity contribution in [3.05, 3.63) is 22.2 Å². The van der Waals surface area contributed by atoms with Crippen molar-refractivity contribution in [2.75, 3.05) is 13.1 Å². The van der Waals surface area contributed by atoms with Gasteiger partial charge in [0.05, 0.1) is 0 Å². The van der Waals surface area contributed by atoms with Crippen LogP contribution < -0.4 is 0 Å². The molecule has 3 rings (SSSR count). The zero-order valence-corrected chi connectivity index (χ0v) is 15.3. The summed E-state index contributed by atoms with van der Waals surface area (Å²) in [5, 5.41) is 24.3. The first-order valence-electron chi connectivity index (χ1n) is 7.85. The Labute approximate surface area is 163 Å². The summed E-state index contributed by atoms with van der Waals surface area (Å²) < 4.78 is 71.9. The smallest absolute Gasteiger partial charge is 0.475 e. The highest BCUT2D eigenvalue weighted by Gasteiger charge is 2.40. The molecule has 16 heteroatoms. The standard InChI is InChI=1S/C11H13ClF3N7.C2HF3O2/c1-21-9(12)7(8(18-21)11(13,14)15)5-22-3-2-6(4-22)10-16-19-20-17-10;3-2(4,5)1(6)7/h6H,2-5H2,1H3,(H,16,17,19,20);(H,6,7). The third-order valence-electron chi connectivity index (χ3n) is 3.96. The molecule has 3 heterocycles. The lowest BCUT2D eigenvalue weighted by atomic mass is 10.1. The highest BCUT2D eigenvalue weighted by molar-refractivity contribution is 6.30. The maximum Gasteiger partial charge on any atom is 0.490 e. The van der Waals surface area contributed by atoms with E-state index >= 15 is 0 Å². The summed E-state index contributed by atoms with van der Waals surface area (Å²) in [6.07, 6.45) is -8.84. The summed E-state index contributed by atoms with van der Waals surface area (Å²) in [5.41, 5.74) is -0.923. The van der Waals surface area contributed by atoms with Gasteiger partial charge in [0, 0.05) is 31.6 Å². The third kappa shape index (κ3) is 5.79. The van der Waals surface area contributed by atoms with E-state index in [4.69, 9.17) is 21.5 Å². The first-order chi connectivity index (χ1) is 13.3. The summed E-state index contributed by atoms with van der Waals surface area (Å²) >= 11 is 5.97. The zero-order chi connectivity index (χ0) is 22.0. The average Bonchev–Trinajstić information content (AvgIpc) is 3.31. The van der Waals surface area contributed by atoms with E-state index in [-0.39, 0.29) is 23.2 Å². The lowest BCUT2D eigenvalue weighted by Crippen LogP contribution is -2.22. The number of aromatic nitrogens is 6. The molecule has 162 valence electrons. The molecule has 0 radical (unpaired) electrons. The van der Waals surface area contributed by atoms with Crippen LogP contribution in [0.3, 0.4) is 0 Å². The van der Waals surface area contributed by atoms with Gasteiger partial charge in [-0.2, -0.15) is 36.7 Å². The van der Waals surface area contributed by atoms with E-state index in [9.17, 15) is 26.3 Å². The van der Waals surface area contributed by atoms with Crippen molar-refractivity contribution in [3.63, 3.8) is 0 Å². The Morgan fingerprint density at radius 2 is 1.93 bits per heavy atom. The molecule has 1 atom stereocenters. The lowest BCUT2D eigenvalue weighted by molar-refractivity contribution is -0.192. The van der Waals surface area contributed by atoms with Crippen LogP contribution in [-0.4, -0.2) is 65.6 Å². The number of aryl methyl sites for hydroxylation is 1. The minimum atomic E-state index is -5.08. The number of aliphatic carboxylic acids is 1. The van der Waals surface area contributed by atoms with Gasteiger partial charge in [0.1, 0.15) is 5.15 Å². The first-order valence-corrected chi connectivity index (χ1v) is 8.22. The number of likely N-dealkylation sites (tertiary alicyclic amines) is 1. The molecule has 29 heavy (non-hydrogen) atoms. The van der Waals surface area contributed by atoms with Crippen molar-refractivity contribution in [3.8, 4) is 0 Å². The Kier molecular flexibility index (Phi) is 6.72. The molecule has 9 nitrogen and oxygen atoms in total. The number of tetrazole rings is 1. The van der Waals surface area contributed by atoms with Crippen molar-refractivity contribution in [1.82, 2.24) is 35.3 Å².